The summed E-state index contributed by atoms with van der Waals surface area (Å²) < 4.78 is 0. The Morgan fingerprint density at radius 1 is 1.36 bits per heavy atom. The molecule has 0 spiro atoms. The summed E-state index contributed by atoms with van der Waals surface area (Å²) in [4.78, 5) is 5.24. The molecule has 0 aromatic carbocycles. The molecule has 2 aromatic heterocycles. The smallest absolute Gasteiger partial charge is 0.168 e. The van der Waals surface area contributed by atoms with Crippen molar-refractivity contribution in [3.05, 3.63) is 40.7 Å². The van der Waals surface area contributed by atoms with Gasteiger partial charge in [-0.05, 0) is 23.6 Å². The van der Waals surface area contributed by atoms with Gasteiger partial charge in [-0.3, -0.25) is 0 Å². The van der Waals surface area contributed by atoms with E-state index in [0.29, 0.717) is 12.4 Å². The van der Waals surface area contributed by atoms with Crippen LogP contribution in [0, 0.1) is 0 Å². The molecule has 72 valence electrons. The van der Waals surface area contributed by atoms with Crippen molar-refractivity contribution in [1.82, 2.24) is 4.98 Å². The molecule has 4 heteroatoms. The lowest BCUT2D eigenvalue weighted by atomic mass is 10.4. The van der Waals surface area contributed by atoms with Crippen LogP contribution in [0.25, 0.3) is 0 Å². The number of nitrogens with one attached hydrogen (secondary N) is 1. The van der Waals surface area contributed by atoms with Crippen LogP contribution in [-0.2, 0) is 6.54 Å². The zero-order chi connectivity index (χ0) is 9.80. The predicted molar refractivity (Wildman–Crippen MR) is 57.5 cm³/mol. The zero-order valence-electron chi connectivity index (χ0n) is 7.47. The molecule has 0 amide bonds. The summed E-state index contributed by atoms with van der Waals surface area (Å²) >= 11 is 1.68. The Kier molecular flexibility index (Phi) is 2.65. The second-order valence-electron chi connectivity index (χ2n) is 2.80. The maximum absolute atomic E-state index is 9.42. The molecular weight excluding hydrogens is 196 g/mol. The Balaban J connectivity index is 2.02. The van der Waals surface area contributed by atoms with Gasteiger partial charge in [0, 0.05) is 11.1 Å². The van der Waals surface area contributed by atoms with Crippen molar-refractivity contribution in [1.29, 1.82) is 0 Å². The minimum Gasteiger partial charge on any atom is -0.504 e. The average Bonchev–Trinajstić information content (AvgIpc) is 2.69. The highest BCUT2D eigenvalue weighted by Gasteiger charge is 2.00. The third kappa shape index (κ3) is 2.03. The number of anilines is 1. The Morgan fingerprint density at radius 2 is 2.29 bits per heavy atom. The first kappa shape index (κ1) is 9.02. The SMILES string of the molecule is Oc1cccnc1NCc1cccs1. The van der Waals surface area contributed by atoms with Crippen LogP contribution in [0.5, 0.6) is 5.75 Å². The number of hydrogen-bond acceptors (Lipinski definition) is 4. The first-order valence-corrected chi connectivity index (χ1v) is 5.14. The van der Waals surface area contributed by atoms with E-state index in [2.05, 4.69) is 10.3 Å². The fourth-order valence-electron chi connectivity index (χ4n) is 1.12. The summed E-state index contributed by atoms with van der Waals surface area (Å²) in [6, 6.07) is 7.35. The van der Waals surface area contributed by atoms with Crippen molar-refractivity contribution in [2.45, 2.75) is 6.54 Å². The standard InChI is InChI=1S/C10H10N2OS/c13-9-4-1-5-11-10(9)12-7-8-3-2-6-14-8/h1-6,13H,7H2,(H,11,12). The van der Waals surface area contributed by atoms with E-state index in [9.17, 15) is 5.11 Å². The van der Waals surface area contributed by atoms with Crippen LogP contribution in [0.4, 0.5) is 5.82 Å². The van der Waals surface area contributed by atoms with E-state index in [-0.39, 0.29) is 5.75 Å². The number of rotatable bonds is 3. The normalized spacial score (nSPS) is 10.0. The van der Waals surface area contributed by atoms with Crippen LogP contribution in [0.3, 0.4) is 0 Å². The van der Waals surface area contributed by atoms with E-state index in [1.54, 1.807) is 29.7 Å². The lowest BCUT2D eigenvalue weighted by Gasteiger charge is -2.04. The third-order valence-electron chi connectivity index (χ3n) is 1.80. The lowest BCUT2D eigenvalue weighted by Crippen LogP contribution is -1.99. The highest BCUT2D eigenvalue weighted by molar-refractivity contribution is 7.09. The molecule has 0 radical (unpaired) electrons. The molecule has 0 aliphatic heterocycles. The van der Waals surface area contributed by atoms with Gasteiger partial charge in [0.25, 0.3) is 0 Å². The number of pyridine rings is 1. The minimum absolute atomic E-state index is 0.184. The van der Waals surface area contributed by atoms with Crippen LogP contribution in [0.2, 0.25) is 0 Å². The van der Waals surface area contributed by atoms with Crippen molar-refractivity contribution in [3.63, 3.8) is 0 Å². The molecule has 0 aliphatic carbocycles. The molecule has 2 rings (SSSR count). The average molecular weight is 206 g/mol. The number of hydrogen-bond donors (Lipinski definition) is 2. The number of thiophene rings is 1. The second-order valence-corrected chi connectivity index (χ2v) is 3.84. The van der Waals surface area contributed by atoms with Gasteiger partial charge < -0.3 is 10.4 Å². The van der Waals surface area contributed by atoms with E-state index < -0.39 is 0 Å². The van der Waals surface area contributed by atoms with E-state index in [1.807, 2.05) is 17.5 Å². The molecule has 0 atom stereocenters. The van der Waals surface area contributed by atoms with E-state index in [0.717, 1.165) is 0 Å². The first-order valence-electron chi connectivity index (χ1n) is 4.26. The third-order valence-corrected chi connectivity index (χ3v) is 2.67. The Labute approximate surface area is 86.1 Å². The van der Waals surface area contributed by atoms with Gasteiger partial charge in [-0.2, -0.15) is 0 Å². The molecule has 3 nitrogen and oxygen atoms in total. The molecule has 0 bridgehead atoms. The molecule has 0 saturated carbocycles. The molecule has 0 aliphatic rings. The molecule has 0 fully saturated rings. The van der Waals surface area contributed by atoms with Crippen LogP contribution < -0.4 is 5.32 Å². The first-order chi connectivity index (χ1) is 6.86. The highest BCUT2D eigenvalue weighted by atomic mass is 32.1. The van der Waals surface area contributed by atoms with Crippen molar-refractivity contribution in [2.24, 2.45) is 0 Å². The predicted octanol–water partition coefficient (Wildman–Crippen LogP) is 2.46. The van der Waals surface area contributed by atoms with Crippen LogP contribution in [0.1, 0.15) is 4.88 Å². The number of aromatic hydroxyl groups is 1. The highest BCUT2D eigenvalue weighted by Crippen LogP contribution is 2.19. The summed E-state index contributed by atoms with van der Waals surface area (Å²) in [6.45, 7) is 0.697. The fraction of sp³-hybridized carbons (Fsp3) is 0.100. The van der Waals surface area contributed by atoms with Gasteiger partial charge in [0.05, 0.1) is 6.54 Å². The maximum atomic E-state index is 9.42. The van der Waals surface area contributed by atoms with Gasteiger partial charge in [-0.15, -0.1) is 11.3 Å². The minimum atomic E-state index is 0.184. The summed E-state index contributed by atoms with van der Waals surface area (Å²) in [5.74, 6) is 0.713. The number of aromatic nitrogens is 1. The fourth-order valence-corrected chi connectivity index (χ4v) is 1.76. The van der Waals surface area contributed by atoms with E-state index in [1.165, 1.54) is 4.88 Å². The lowest BCUT2D eigenvalue weighted by molar-refractivity contribution is 0.475. The van der Waals surface area contributed by atoms with Gasteiger partial charge in [0.15, 0.2) is 11.6 Å². The van der Waals surface area contributed by atoms with Crippen LogP contribution in [0.15, 0.2) is 35.8 Å². The van der Waals surface area contributed by atoms with Crippen molar-refractivity contribution < 1.29 is 5.11 Å². The molecule has 0 unspecified atom stereocenters. The van der Waals surface area contributed by atoms with E-state index >= 15 is 0 Å². The van der Waals surface area contributed by atoms with Crippen molar-refractivity contribution >= 4 is 17.2 Å². The summed E-state index contributed by atoms with van der Waals surface area (Å²) in [5, 5.41) is 14.5. The van der Waals surface area contributed by atoms with Gasteiger partial charge in [-0.25, -0.2) is 4.98 Å². The Bertz CT molecular complexity index is 400. The zero-order valence-corrected chi connectivity index (χ0v) is 8.29. The molecule has 2 N–H and O–H groups in total. The van der Waals surface area contributed by atoms with Crippen molar-refractivity contribution in [3.8, 4) is 5.75 Å². The van der Waals surface area contributed by atoms with Crippen LogP contribution in [-0.4, -0.2) is 10.1 Å². The molecule has 14 heavy (non-hydrogen) atoms. The van der Waals surface area contributed by atoms with Gasteiger partial charge in [0.1, 0.15) is 0 Å². The summed E-state index contributed by atoms with van der Waals surface area (Å²) in [7, 11) is 0. The topological polar surface area (TPSA) is 45.2 Å². The summed E-state index contributed by atoms with van der Waals surface area (Å²) in [5.41, 5.74) is 0. The number of nitrogens with zero attached hydrogens (tertiary/aromatic N) is 1. The molecule has 2 heterocycles. The Morgan fingerprint density at radius 3 is 3.00 bits per heavy atom. The largest absolute Gasteiger partial charge is 0.504 e. The summed E-state index contributed by atoms with van der Waals surface area (Å²) in [6.07, 6.45) is 1.65. The van der Waals surface area contributed by atoms with Gasteiger partial charge >= 0.3 is 0 Å². The molecular formula is C10H10N2OS. The second kappa shape index (κ2) is 4.11. The van der Waals surface area contributed by atoms with Crippen LogP contribution >= 0.6 is 11.3 Å². The molecule has 0 saturated heterocycles. The van der Waals surface area contributed by atoms with Gasteiger partial charge in [0.2, 0.25) is 0 Å². The monoisotopic (exact) mass is 206 g/mol. The van der Waals surface area contributed by atoms with Gasteiger partial charge in [-0.1, -0.05) is 6.07 Å². The Hall–Kier alpha value is -1.55. The molecule has 2 aromatic rings. The maximum Gasteiger partial charge on any atom is 0.168 e. The van der Waals surface area contributed by atoms with E-state index in [4.69, 9.17) is 0 Å². The van der Waals surface area contributed by atoms with Crippen molar-refractivity contribution in [2.75, 3.05) is 5.32 Å². The quantitative estimate of drug-likeness (QED) is 0.810.